The second-order valence-corrected chi connectivity index (χ2v) is 6.66. The van der Waals surface area contributed by atoms with Crippen molar-refractivity contribution in [1.82, 2.24) is 4.31 Å². The Kier molecular flexibility index (Phi) is 5.56. The average Bonchev–Trinajstić information content (AvgIpc) is 2.35. The van der Waals surface area contributed by atoms with Crippen molar-refractivity contribution in [3.8, 4) is 0 Å². The van der Waals surface area contributed by atoms with E-state index in [1.165, 1.54) is 4.31 Å². The van der Waals surface area contributed by atoms with Crippen LogP contribution in [0.5, 0.6) is 0 Å². The topological polar surface area (TPSA) is 37.4 Å². The minimum atomic E-state index is -3.41. The van der Waals surface area contributed by atoms with Crippen molar-refractivity contribution in [1.29, 1.82) is 0 Å². The molecule has 3 nitrogen and oxygen atoms in total. The quantitative estimate of drug-likeness (QED) is 0.593. The summed E-state index contributed by atoms with van der Waals surface area (Å²) in [5.74, 6) is 0. The number of halogens is 1. The van der Waals surface area contributed by atoms with Gasteiger partial charge in [-0.3, -0.25) is 0 Å². The van der Waals surface area contributed by atoms with E-state index >= 15 is 0 Å². The molecule has 0 aromatic heterocycles. The molecule has 0 N–H and O–H groups in total. The minimum Gasteiger partial charge on any atom is -0.207 e. The standard InChI is InChI=1S/C13H18BrNO2S/c1-4-15(10-11(2)3)18(16,17)13-7-5-12(9-14)6-8-13/h5-8H,2,4,9-10H2,1,3H3. The highest BCUT2D eigenvalue weighted by Gasteiger charge is 2.22. The van der Waals surface area contributed by atoms with Crippen molar-refractivity contribution in [2.45, 2.75) is 24.1 Å². The molecule has 18 heavy (non-hydrogen) atoms. The van der Waals surface area contributed by atoms with Crippen molar-refractivity contribution < 1.29 is 8.42 Å². The van der Waals surface area contributed by atoms with Crippen LogP contribution in [0, 0.1) is 0 Å². The third-order valence-electron chi connectivity index (χ3n) is 2.51. The highest BCUT2D eigenvalue weighted by Crippen LogP contribution is 2.18. The Morgan fingerprint density at radius 1 is 1.33 bits per heavy atom. The van der Waals surface area contributed by atoms with Gasteiger partial charge < -0.3 is 0 Å². The Morgan fingerprint density at radius 2 is 1.89 bits per heavy atom. The zero-order valence-corrected chi connectivity index (χ0v) is 13.1. The van der Waals surface area contributed by atoms with E-state index in [-0.39, 0.29) is 0 Å². The molecule has 0 fully saturated rings. The van der Waals surface area contributed by atoms with Gasteiger partial charge in [0.25, 0.3) is 0 Å². The summed E-state index contributed by atoms with van der Waals surface area (Å²) < 4.78 is 26.2. The van der Waals surface area contributed by atoms with Crippen molar-refractivity contribution in [3.05, 3.63) is 42.0 Å². The third-order valence-corrected chi connectivity index (χ3v) is 5.10. The van der Waals surface area contributed by atoms with Crippen LogP contribution in [0.3, 0.4) is 0 Å². The van der Waals surface area contributed by atoms with Gasteiger partial charge in [-0.25, -0.2) is 8.42 Å². The predicted molar refractivity (Wildman–Crippen MR) is 78.3 cm³/mol. The normalized spacial score (nSPS) is 11.8. The molecule has 1 rings (SSSR count). The SMILES string of the molecule is C=C(C)CN(CC)S(=O)(=O)c1ccc(CBr)cc1. The smallest absolute Gasteiger partial charge is 0.207 e. The monoisotopic (exact) mass is 331 g/mol. The number of sulfonamides is 1. The van der Waals surface area contributed by atoms with E-state index in [9.17, 15) is 8.42 Å². The highest BCUT2D eigenvalue weighted by atomic mass is 79.9. The van der Waals surface area contributed by atoms with Gasteiger partial charge in [0, 0.05) is 18.4 Å². The summed E-state index contributed by atoms with van der Waals surface area (Å²) in [5, 5.41) is 0.719. The van der Waals surface area contributed by atoms with Gasteiger partial charge in [-0.05, 0) is 24.6 Å². The summed E-state index contributed by atoms with van der Waals surface area (Å²) in [6.45, 7) is 8.22. The van der Waals surface area contributed by atoms with E-state index in [1.54, 1.807) is 12.1 Å². The second-order valence-electron chi connectivity index (χ2n) is 4.17. The molecule has 0 spiro atoms. The first-order valence-corrected chi connectivity index (χ1v) is 8.27. The number of alkyl halides is 1. The van der Waals surface area contributed by atoms with Gasteiger partial charge in [0.05, 0.1) is 4.90 Å². The molecule has 0 amide bonds. The summed E-state index contributed by atoms with van der Waals surface area (Å²) in [5.41, 5.74) is 1.88. The van der Waals surface area contributed by atoms with Crippen LogP contribution in [-0.4, -0.2) is 25.8 Å². The van der Waals surface area contributed by atoms with E-state index in [2.05, 4.69) is 22.5 Å². The first-order chi connectivity index (χ1) is 8.41. The molecule has 0 saturated heterocycles. The van der Waals surface area contributed by atoms with E-state index in [0.29, 0.717) is 18.0 Å². The Balaban J connectivity index is 3.06. The lowest BCUT2D eigenvalue weighted by atomic mass is 10.2. The Morgan fingerprint density at radius 3 is 2.28 bits per heavy atom. The molecule has 0 atom stereocenters. The van der Waals surface area contributed by atoms with Gasteiger partial charge in [0.1, 0.15) is 0 Å². The summed E-state index contributed by atoms with van der Waals surface area (Å²) in [6, 6.07) is 6.92. The van der Waals surface area contributed by atoms with Gasteiger partial charge in [-0.2, -0.15) is 4.31 Å². The average molecular weight is 332 g/mol. The molecular formula is C13H18BrNO2S. The second kappa shape index (κ2) is 6.50. The molecule has 0 heterocycles. The molecule has 0 radical (unpaired) electrons. The first-order valence-electron chi connectivity index (χ1n) is 5.71. The lowest BCUT2D eigenvalue weighted by Crippen LogP contribution is -2.32. The third kappa shape index (κ3) is 3.67. The Hall–Kier alpha value is -0.650. The Bertz CT molecular complexity index is 508. The van der Waals surface area contributed by atoms with Crippen LogP contribution >= 0.6 is 15.9 Å². The number of rotatable bonds is 6. The summed E-state index contributed by atoms with van der Waals surface area (Å²) >= 11 is 3.34. The number of hydrogen-bond acceptors (Lipinski definition) is 2. The van der Waals surface area contributed by atoms with Gasteiger partial charge in [0.15, 0.2) is 0 Å². The number of hydrogen-bond donors (Lipinski definition) is 0. The molecule has 0 aliphatic heterocycles. The maximum Gasteiger partial charge on any atom is 0.243 e. The highest BCUT2D eigenvalue weighted by molar-refractivity contribution is 9.08. The van der Waals surface area contributed by atoms with Crippen LogP contribution in [0.4, 0.5) is 0 Å². The zero-order valence-electron chi connectivity index (χ0n) is 10.7. The molecule has 0 aliphatic carbocycles. The number of likely N-dealkylation sites (N-methyl/N-ethyl adjacent to an activating group) is 1. The first kappa shape index (κ1) is 15.4. The van der Waals surface area contributed by atoms with Crippen molar-refractivity contribution >= 4 is 26.0 Å². The van der Waals surface area contributed by atoms with E-state index < -0.39 is 10.0 Å². The van der Waals surface area contributed by atoms with E-state index in [1.807, 2.05) is 26.0 Å². The molecule has 0 aliphatic rings. The Labute approximate surface area is 118 Å². The molecule has 0 unspecified atom stereocenters. The van der Waals surface area contributed by atoms with Crippen LogP contribution < -0.4 is 0 Å². The zero-order chi connectivity index (χ0) is 13.8. The summed E-state index contributed by atoms with van der Waals surface area (Å²) in [7, 11) is -3.41. The molecule has 0 bridgehead atoms. The fraction of sp³-hybridized carbons (Fsp3) is 0.385. The van der Waals surface area contributed by atoms with Crippen LogP contribution in [0.2, 0.25) is 0 Å². The predicted octanol–water partition coefficient (Wildman–Crippen LogP) is 3.17. The summed E-state index contributed by atoms with van der Waals surface area (Å²) in [6.07, 6.45) is 0. The van der Waals surface area contributed by atoms with Gasteiger partial charge in [-0.15, -0.1) is 0 Å². The van der Waals surface area contributed by atoms with Gasteiger partial charge in [-0.1, -0.05) is 47.1 Å². The minimum absolute atomic E-state index is 0.329. The van der Waals surface area contributed by atoms with Crippen LogP contribution in [0.1, 0.15) is 19.4 Å². The van der Waals surface area contributed by atoms with Crippen molar-refractivity contribution in [2.75, 3.05) is 13.1 Å². The molecular weight excluding hydrogens is 314 g/mol. The molecule has 5 heteroatoms. The number of benzene rings is 1. The molecule has 1 aromatic carbocycles. The van der Waals surface area contributed by atoms with Crippen LogP contribution in [-0.2, 0) is 15.4 Å². The maximum absolute atomic E-state index is 12.4. The lowest BCUT2D eigenvalue weighted by molar-refractivity contribution is 0.453. The fourth-order valence-electron chi connectivity index (χ4n) is 1.57. The molecule has 0 saturated carbocycles. The maximum atomic E-state index is 12.4. The van der Waals surface area contributed by atoms with Crippen LogP contribution in [0.15, 0.2) is 41.3 Å². The lowest BCUT2D eigenvalue weighted by Gasteiger charge is -2.20. The van der Waals surface area contributed by atoms with Crippen LogP contribution in [0.25, 0.3) is 0 Å². The largest absolute Gasteiger partial charge is 0.243 e. The van der Waals surface area contributed by atoms with E-state index in [0.717, 1.165) is 16.5 Å². The molecule has 100 valence electrons. The number of nitrogens with zero attached hydrogens (tertiary/aromatic N) is 1. The summed E-state index contributed by atoms with van der Waals surface area (Å²) in [4.78, 5) is 0.329. The molecule has 1 aromatic rings. The van der Waals surface area contributed by atoms with Gasteiger partial charge in [0.2, 0.25) is 10.0 Å². The van der Waals surface area contributed by atoms with Crippen molar-refractivity contribution in [2.24, 2.45) is 0 Å². The van der Waals surface area contributed by atoms with Crippen molar-refractivity contribution in [3.63, 3.8) is 0 Å². The fourth-order valence-corrected chi connectivity index (χ4v) is 3.45. The van der Waals surface area contributed by atoms with Gasteiger partial charge >= 0.3 is 0 Å². The van der Waals surface area contributed by atoms with E-state index in [4.69, 9.17) is 0 Å².